The van der Waals surface area contributed by atoms with Crippen molar-refractivity contribution in [3.8, 4) is 0 Å². The molecule has 2 aliphatic heterocycles. The number of piperidine rings is 1. The zero-order chi connectivity index (χ0) is 15.4. The maximum atomic E-state index is 12.3. The fourth-order valence-corrected chi connectivity index (χ4v) is 3.92. The van der Waals surface area contributed by atoms with Crippen LogP contribution >= 0.6 is 11.6 Å². The summed E-state index contributed by atoms with van der Waals surface area (Å²) in [4.78, 5) is 16.8. The summed E-state index contributed by atoms with van der Waals surface area (Å²) >= 11 is 6.12. The molecule has 2 saturated heterocycles. The van der Waals surface area contributed by atoms with Crippen LogP contribution in [0.3, 0.4) is 0 Å². The molecule has 2 heterocycles. The van der Waals surface area contributed by atoms with E-state index in [1.165, 1.54) is 31.2 Å². The first-order valence-corrected chi connectivity index (χ1v) is 8.89. The van der Waals surface area contributed by atoms with Crippen LogP contribution < -0.4 is 0 Å². The lowest BCUT2D eigenvalue weighted by molar-refractivity contribution is -0.132. The van der Waals surface area contributed by atoms with Crippen LogP contribution in [0.15, 0.2) is 24.3 Å². The average Bonchev–Trinajstić information content (AvgIpc) is 3.02. The maximum Gasteiger partial charge on any atom is 0.223 e. The number of carbonyl (C=O) groups is 1. The van der Waals surface area contributed by atoms with Crippen LogP contribution in [0, 0.1) is 0 Å². The minimum atomic E-state index is 0.330. The third-order valence-corrected chi connectivity index (χ3v) is 5.15. The van der Waals surface area contributed by atoms with Crippen LogP contribution in [0.25, 0.3) is 0 Å². The highest BCUT2D eigenvalue weighted by Crippen LogP contribution is 2.33. The second-order valence-electron chi connectivity index (χ2n) is 6.44. The number of rotatable bonds is 4. The van der Waals surface area contributed by atoms with Gasteiger partial charge in [-0.05, 0) is 56.3 Å². The molecule has 1 amide bonds. The Morgan fingerprint density at radius 1 is 1.14 bits per heavy atom. The molecular formula is C18H25ClN2O. The van der Waals surface area contributed by atoms with Gasteiger partial charge in [0.1, 0.15) is 0 Å². The third kappa shape index (κ3) is 3.82. The van der Waals surface area contributed by atoms with Crippen LogP contribution in [-0.2, 0) is 4.79 Å². The number of nitrogens with zero attached hydrogens (tertiary/aromatic N) is 2. The van der Waals surface area contributed by atoms with Gasteiger partial charge in [0.25, 0.3) is 0 Å². The molecule has 1 unspecified atom stereocenters. The van der Waals surface area contributed by atoms with Crippen LogP contribution in [0.4, 0.5) is 0 Å². The molecule has 4 heteroatoms. The van der Waals surface area contributed by atoms with Crippen molar-refractivity contribution < 1.29 is 4.79 Å². The molecule has 2 aliphatic rings. The van der Waals surface area contributed by atoms with E-state index >= 15 is 0 Å². The quantitative estimate of drug-likeness (QED) is 0.840. The number of hydrogen-bond acceptors (Lipinski definition) is 2. The predicted molar refractivity (Wildman–Crippen MR) is 90.0 cm³/mol. The number of benzene rings is 1. The highest BCUT2D eigenvalue weighted by atomic mass is 35.5. The Bertz CT molecular complexity index is 514. The Kier molecular flexibility index (Phi) is 5.37. The van der Waals surface area contributed by atoms with Gasteiger partial charge >= 0.3 is 0 Å². The molecule has 1 aromatic carbocycles. The van der Waals surface area contributed by atoms with E-state index in [4.69, 9.17) is 11.6 Å². The molecule has 0 N–H and O–H groups in total. The lowest BCUT2D eigenvalue weighted by atomic mass is 10.0. The molecule has 0 aliphatic carbocycles. The van der Waals surface area contributed by atoms with Gasteiger partial charge in [-0.2, -0.15) is 0 Å². The summed E-state index contributed by atoms with van der Waals surface area (Å²) in [5, 5.41) is 0.800. The van der Waals surface area contributed by atoms with Crippen molar-refractivity contribution >= 4 is 17.5 Å². The Morgan fingerprint density at radius 3 is 2.73 bits per heavy atom. The summed E-state index contributed by atoms with van der Waals surface area (Å²) < 4.78 is 0. The SMILES string of the molecule is O=C(CCN1CCCC1c1cccc(Cl)c1)N1CCCCC1. The first-order valence-electron chi connectivity index (χ1n) is 8.51. The van der Waals surface area contributed by atoms with E-state index in [-0.39, 0.29) is 0 Å². The summed E-state index contributed by atoms with van der Waals surface area (Å²) in [6.45, 7) is 3.87. The van der Waals surface area contributed by atoms with Crippen molar-refractivity contribution in [3.05, 3.63) is 34.9 Å². The van der Waals surface area contributed by atoms with Crippen molar-refractivity contribution in [1.82, 2.24) is 9.80 Å². The first-order chi connectivity index (χ1) is 10.7. The average molecular weight is 321 g/mol. The molecule has 2 fully saturated rings. The number of carbonyl (C=O) groups excluding carboxylic acids is 1. The van der Waals surface area contributed by atoms with Crippen molar-refractivity contribution in [2.75, 3.05) is 26.2 Å². The lowest BCUT2D eigenvalue weighted by Gasteiger charge is -2.29. The van der Waals surface area contributed by atoms with Gasteiger partial charge in [0.15, 0.2) is 0 Å². The zero-order valence-corrected chi connectivity index (χ0v) is 13.9. The molecule has 0 aromatic heterocycles. The second-order valence-corrected chi connectivity index (χ2v) is 6.88. The van der Waals surface area contributed by atoms with Crippen molar-refractivity contribution in [2.24, 2.45) is 0 Å². The highest BCUT2D eigenvalue weighted by molar-refractivity contribution is 6.30. The Labute approximate surface area is 138 Å². The molecule has 22 heavy (non-hydrogen) atoms. The monoisotopic (exact) mass is 320 g/mol. The van der Waals surface area contributed by atoms with E-state index in [1.807, 2.05) is 17.0 Å². The standard InChI is InChI=1S/C18H25ClN2O/c19-16-7-4-6-15(14-16)17-8-5-12-20(17)13-9-18(22)21-10-2-1-3-11-21/h4,6-7,14,17H,1-3,5,8-13H2. The van der Waals surface area contributed by atoms with Gasteiger partial charge in [0.05, 0.1) is 0 Å². The van der Waals surface area contributed by atoms with Crippen LogP contribution in [0.1, 0.15) is 50.1 Å². The normalized spacial score (nSPS) is 23.0. The molecule has 3 nitrogen and oxygen atoms in total. The third-order valence-electron chi connectivity index (χ3n) is 4.92. The van der Waals surface area contributed by atoms with E-state index in [0.717, 1.165) is 37.6 Å². The van der Waals surface area contributed by atoms with Gasteiger partial charge in [0, 0.05) is 37.1 Å². The van der Waals surface area contributed by atoms with Crippen molar-refractivity contribution in [3.63, 3.8) is 0 Å². The zero-order valence-electron chi connectivity index (χ0n) is 13.1. The Morgan fingerprint density at radius 2 is 1.95 bits per heavy atom. The maximum absolute atomic E-state index is 12.3. The molecule has 0 radical (unpaired) electrons. The molecular weight excluding hydrogens is 296 g/mol. The Hall–Kier alpha value is -1.06. The summed E-state index contributed by atoms with van der Waals surface area (Å²) in [7, 11) is 0. The van der Waals surface area contributed by atoms with E-state index in [2.05, 4.69) is 17.0 Å². The number of hydrogen-bond donors (Lipinski definition) is 0. The van der Waals surface area contributed by atoms with Crippen LogP contribution in [-0.4, -0.2) is 41.9 Å². The molecule has 0 bridgehead atoms. The Balaban J connectivity index is 1.56. The van der Waals surface area contributed by atoms with Crippen LogP contribution in [0.2, 0.25) is 5.02 Å². The van der Waals surface area contributed by atoms with Crippen molar-refractivity contribution in [2.45, 2.75) is 44.6 Å². The van der Waals surface area contributed by atoms with Gasteiger partial charge in [-0.15, -0.1) is 0 Å². The van der Waals surface area contributed by atoms with Gasteiger partial charge in [-0.25, -0.2) is 0 Å². The summed E-state index contributed by atoms with van der Waals surface area (Å²) in [5.74, 6) is 0.330. The molecule has 1 aromatic rings. The van der Waals surface area contributed by atoms with E-state index in [0.29, 0.717) is 18.4 Å². The minimum absolute atomic E-state index is 0.330. The predicted octanol–water partition coefficient (Wildman–Crippen LogP) is 3.88. The van der Waals surface area contributed by atoms with Crippen LogP contribution in [0.5, 0.6) is 0 Å². The largest absolute Gasteiger partial charge is 0.343 e. The van der Waals surface area contributed by atoms with Gasteiger partial charge in [-0.1, -0.05) is 23.7 Å². The number of amides is 1. The van der Waals surface area contributed by atoms with E-state index in [9.17, 15) is 4.79 Å². The fourth-order valence-electron chi connectivity index (χ4n) is 3.73. The number of likely N-dealkylation sites (tertiary alicyclic amines) is 2. The number of halogens is 1. The summed E-state index contributed by atoms with van der Waals surface area (Å²) in [6.07, 6.45) is 6.62. The van der Waals surface area contributed by atoms with Crippen molar-refractivity contribution in [1.29, 1.82) is 0 Å². The molecule has 1 atom stereocenters. The lowest BCUT2D eigenvalue weighted by Crippen LogP contribution is -2.37. The smallest absolute Gasteiger partial charge is 0.223 e. The van der Waals surface area contributed by atoms with Gasteiger partial charge in [-0.3, -0.25) is 9.69 Å². The highest BCUT2D eigenvalue weighted by Gasteiger charge is 2.27. The second kappa shape index (κ2) is 7.47. The minimum Gasteiger partial charge on any atom is -0.343 e. The molecule has 0 saturated carbocycles. The molecule has 0 spiro atoms. The van der Waals surface area contributed by atoms with E-state index < -0.39 is 0 Å². The van der Waals surface area contributed by atoms with Gasteiger partial charge in [0.2, 0.25) is 5.91 Å². The molecule has 120 valence electrons. The summed E-state index contributed by atoms with van der Waals surface area (Å²) in [5.41, 5.74) is 1.29. The first kappa shape index (κ1) is 15.8. The summed E-state index contributed by atoms with van der Waals surface area (Å²) in [6, 6.07) is 8.59. The topological polar surface area (TPSA) is 23.6 Å². The fraction of sp³-hybridized carbons (Fsp3) is 0.611. The van der Waals surface area contributed by atoms with Gasteiger partial charge < -0.3 is 4.90 Å². The molecule has 3 rings (SSSR count). The van der Waals surface area contributed by atoms with E-state index in [1.54, 1.807) is 0 Å².